The van der Waals surface area contributed by atoms with Gasteiger partial charge in [0.25, 0.3) is 5.56 Å². The van der Waals surface area contributed by atoms with Gasteiger partial charge in [-0.3, -0.25) is 9.20 Å². The maximum Gasteiger partial charge on any atom is 0.355 e. The molecule has 6 heteroatoms. The minimum atomic E-state index is -0.615. The van der Waals surface area contributed by atoms with E-state index in [4.69, 9.17) is 4.42 Å². The van der Waals surface area contributed by atoms with Crippen molar-refractivity contribution in [2.24, 2.45) is 0 Å². The highest BCUT2D eigenvalue weighted by Crippen LogP contribution is 2.19. The minimum absolute atomic E-state index is 0.0732. The van der Waals surface area contributed by atoms with Gasteiger partial charge in [0.15, 0.2) is 5.58 Å². The van der Waals surface area contributed by atoms with Crippen molar-refractivity contribution in [2.45, 2.75) is 0 Å². The lowest BCUT2D eigenvalue weighted by atomic mass is 10.3. The molecule has 6 nitrogen and oxygen atoms in total. The molecule has 0 N–H and O–H groups in total. The van der Waals surface area contributed by atoms with Gasteiger partial charge in [0.1, 0.15) is 5.69 Å². The minimum Gasteiger partial charge on any atom is -0.464 e. The van der Waals surface area contributed by atoms with E-state index in [9.17, 15) is 9.59 Å². The summed E-state index contributed by atoms with van der Waals surface area (Å²) in [5, 5.41) is 0. The Hall–Kier alpha value is -2.63. The number of para-hydroxylation sites is 2. The van der Waals surface area contributed by atoms with Gasteiger partial charge in [-0.25, -0.2) is 4.79 Å². The molecule has 1 aromatic carbocycles. The van der Waals surface area contributed by atoms with Crippen molar-refractivity contribution in [2.75, 3.05) is 7.11 Å². The Morgan fingerprint density at radius 1 is 1.39 bits per heavy atom. The number of rotatable bonds is 1. The maximum absolute atomic E-state index is 11.7. The number of hydrogen-bond acceptors (Lipinski definition) is 5. The van der Waals surface area contributed by atoms with Crippen LogP contribution in [0.2, 0.25) is 0 Å². The molecule has 3 rings (SSSR count). The van der Waals surface area contributed by atoms with Crippen LogP contribution < -0.4 is 5.56 Å². The second-order valence-corrected chi connectivity index (χ2v) is 3.66. The van der Waals surface area contributed by atoms with Gasteiger partial charge < -0.3 is 9.15 Å². The Kier molecular flexibility index (Phi) is 2.16. The monoisotopic (exact) mass is 244 g/mol. The van der Waals surface area contributed by atoms with Crippen LogP contribution in [0.25, 0.3) is 16.9 Å². The average Bonchev–Trinajstić information content (AvgIpc) is 2.74. The Labute approximate surface area is 100 Å². The number of oxazole rings is 1. The molecular weight excluding hydrogens is 236 g/mol. The zero-order chi connectivity index (χ0) is 12.7. The van der Waals surface area contributed by atoms with Crippen molar-refractivity contribution < 1.29 is 13.9 Å². The highest BCUT2D eigenvalue weighted by atomic mass is 16.5. The summed E-state index contributed by atoms with van der Waals surface area (Å²) >= 11 is 0. The maximum atomic E-state index is 11.7. The summed E-state index contributed by atoms with van der Waals surface area (Å²) < 4.78 is 11.5. The number of carbonyl (C=O) groups is 1. The highest BCUT2D eigenvalue weighted by molar-refractivity contribution is 5.90. The lowest BCUT2D eigenvalue weighted by Crippen LogP contribution is -2.16. The molecule has 90 valence electrons. The summed E-state index contributed by atoms with van der Waals surface area (Å²) in [6.07, 6.45) is 0. The molecule has 0 aliphatic carbocycles. The molecule has 0 amide bonds. The third kappa shape index (κ3) is 1.39. The third-order valence-electron chi connectivity index (χ3n) is 2.60. The first-order valence-corrected chi connectivity index (χ1v) is 5.20. The molecule has 0 aliphatic rings. The summed E-state index contributed by atoms with van der Waals surface area (Å²) in [5.41, 5.74) is 0.744. The molecule has 0 aliphatic heterocycles. The second kappa shape index (κ2) is 3.69. The van der Waals surface area contributed by atoms with Crippen LogP contribution in [0, 0.1) is 0 Å². The number of aromatic nitrogens is 2. The van der Waals surface area contributed by atoms with E-state index in [1.165, 1.54) is 11.5 Å². The van der Waals surface area contributed by atoms with Gasteiger partial charge >= 0.3 is 11.8 Å². The molecule has 2 aromatic heterocycles. The first-order chi connectivity index (χ1) is 8.70. The fraction of sp³-hybridized carbons (Fsp3) is 0.0833. The first kappa shape index (κ1) is 10.5. The molecule has 2 heterocycles. The van der Waals surface area contributed by atoms with Crippen molar-refractivity contribution in [3.63, 3.8) is 0 Å². The van der Waals surface area contributed by atoms with Gasteiger partial charge in [-0.05, 0) is 12.1 Å². The van der Waals surface area contributed by atoms with Gasteiger partial charge in [0, 0.05) is 6.07 Å². The molecule has 0 atom stereocenters. The second-order valence-electron chi connectivity index (χ2n) is 3.66. The fourth-order valence-electron chi connectivity index (χ4n) is 1.84. The number of hydrogen-bond donors (Lipinski definition) is 0. The number of carbonyl (C=O) groups excluding carboxylic acids is 1. The van der Waals surface area contributed by atoms with Gasteiger partial charge in [-0.1, -0.05) is 12.1 Å². The summed E-state index contributed by atoms with van der Waals surface area (Å²) in [4.78, 5) is 26.8. The number of methoxy groups -OCH3 is 1. The quantitative estimate of drug-likeness (QED) is 0.602. The summed E-state index contributed by atoms with van der Waals surface area (Å²) in [6.45, 7) is 0. The lowest BCUT2D eigenvalue weighted by Gasteiger charge is -2.01. The predicted molar refractivity (Wildman–Crippen MR) is 62.6 cm³/mol. The Balaban J connectivity index is 2.54. The van der Waals surface area contributed by atoms with Crippen molar-refractivity contribution >= 4 is 22.9 Å². The van der Waals surface area contributed by atoms with E-state index in [0.29, 0.717) is 11.1 Å². The molecule has 0 spiro atoms. The number of ether oxygens (including phenoxy) is 1. The Morgan fingerprint density at radius 3 is 2.94 bits per heavy atom. The number of fused-ring (bicyclic) bond motifs is 3. The zero-order valence-corrected chi connectivity index (χ0v) is 9.41. The van der Waals surface area contributed by atoms with Crippen LogP contribution in [0.15, 0.2) is 39.5 Å². The molecule has 0 radical (unpaired) electrons. The van der Waals surface area contributed by atoms with Crippen molar-refractivity contribution in [1.82, 2.24) is 9.38 Å². The van der Waals surface area contributed by atoms with E-state index in [1.807, 2.05) is 0 Å². The summed E-state index contributed by atoms with van der Waals surface area (Å²) in [6, 6.07) is 8.22. The molecule has 0 saturated carbocycles. The van der Waals surface area contributed by atoms with Crippen LogP contribution in [-0.4, -0.2) is 22.5 Å². The van der Waals surface area contributed by atoms with Crippen LogP contribution in [0.5, 0.6) is 0 Å². The number of benzene rings is 1. The molecular formula is C12H8N2O4. The largest absolute Gasteiger partial charge is 0.464 e. The summed E-state index contributed by atoms with van der Waals surface area (Å²) in [5.74, 6) is -0.542. The van der Waals surface area contributed by atoms with E-state index in [-0.39, 0.29) is 11.5 Å². The summed E-state index contributed by atoms with van der Waals surface area (Å²) in [7, 11) is 1.25. The van der Waals surface area contributed by atoms with Crippen LogP contribution in [-0.2, 0) is 4.74 Å². The number of nitrogens with zero attached hydrogens (tertiary/aromatic N) is 2. The third-order valence-corrected chi connectivity index (χ3v) is 2.60. The van der Waals surface area contributed by atoms with Crippen LogP contribution in [0.3, 0.4) is 0 Å². The van der Waals surface area contributed by atoms with Crippen LogP contribution in [0.1, 0.15) is 10.5 Å². The molecule has 3 aromatic rings. The Morgan fingerprint density at radius 2 is 2.17 bits per heavy atom. The van der Waals surface area contributed by atoms with E-state index in [1.54, 1.807) is 24.3 Å². The van der Waals surface area contributed by atoms with Gasteiger partial charge in [-0.2, -0.15) is 4.98 Å². The van der Waals surface area contributed by atoms with Crippen molar-refractivity contribution in [1.29, 1.82) is 0 Å². The molecule has 0 fully saturated rings. The van der Waals surface area contributed by atoms with Gasteiger partial charge in [0.05, 0.1) is 12.6 Å². The van der Waals surface area contributed by atoms with E-state index in [2.05, 4.69) is 9.72 Å². The molecule has 0 unspecified atom stereocenters. The Bertz CT molecular complexity index is 816. The SMILES string of the molecule is COC(=O)c1cc(=O)nc2oc3ccccc3n12. The first-order valence-electron chi connectivity index (χ1n) is 5.20. The normalized spacial score (nSPS) is 10.9. The molecule has 0 saturated heterocycles. The van der Waals surface area contributed by atoms with Crippen molar-refractivity contribution in [3.05, 3.63) is 46.4 Å². The topological polar surface area (TPSA) is 73.8 Å². The van der Waals surface area contributed by atoms with E-state index in [0.717, 1.165) is 6.07 Å². The lowest BCUT2D eigenvalue weighted by molar-refractivity contribution is 0.0592. The van der Waals surface area contributed by atoms with Crippen molar-refractivity contribution in [3.8, 4) is 0 Å². The fourth-order valence-corrected chi connectivity index (χ4v) is 1.84. The van der Waals surface area contributed by atoms with Gasteiger partial charge in [0.2, 0.25) is 0 Å². The zero-order valence-electron chi connectivity index (χ0n) is 9.41. The van der Waals surface area contributed by atoms with E-state index < -0.39 is 11.5 Å². The molecule has 0 bridgehead atoms. The van der Waals surface area contributed by atoms with Crippen LogP contribution in [0.4, 0.5) is 0 Å². The van der Waals surface area contributed by atoms with Gasteiger partial charge in [-0.15, -0.1) is 0 Å². The average molecular weight is 244 g/mol. The smallest absolute Gasteiger partial charge is 0.355 e. The number of esters is 1. The standard InChI is InChI=1S/C12H8N2O4/c1-17-11(16)8-6-10(15)13-12-14(8)7-4-2-3-5-9(7)18-12/h2-6H,1H3. The van der Waals surface area contributed by atoms with E-state index >= 15 is 0 Å². The van der Waals surface area contributed by atoms with Crippen LogP contribution >= 0.6 is 0 Å². The highest BCUT2D eigenvalue weighted by Gasteiger charge is 2.17. The molecule has 18 heavy (non-hydrogen) atoms. The predicted octanol–water partition coefficient (Wildman–Crippen LogP) is 1.23.